The van der Waals surface area contributed by atoms with E-state index in [9.17, 15) is 22.5 Å². The summed E-state index contributed by atoms with van der Waals surface area (Å²) in [5.74, 6) is 0.151. The third kappa shape index (κ3) is 11.7. The third-order valence-electron chi connectivity index (χ3n) is 6.54. The van der Waals surface area contributed by atoms with Gasteiger partial charge in [-0.2, -0.15) is 18.3 Å². The quantitative estimate of drug-likeness (QED) is 0.225. The van der Waals surface area contributed by atoms with Crippen LogP contribution >= 0.6 is 0 Å². The van der Waals surface area contributed by atoms with Crippen LogP contribution in [0.3, 0.4) is 0 Å². The highest BCUT2D eigenvalue weighted by Crippen LogP contribution is 2.36. The summed E-state index contributed by atoms with van der Waals surface area (Å²) in [6, 6.07) is 1.76. The van der Waals surface area contributed by atoms with Gasteiger partial charge in [-0.25, -0.2) is 10.0 Å². The number of nitrogens with zero attached hydrogens (tertiary/aromatic N) is 3. The molecular formula is C30H47F3N4O3S. The molecule has 0 radical (unpaired) electrons. The van der Waals surface area contributed by atoms with Gasteiger partial charge in [0.2, 0.25) is 0 Å². The van der Waals surface area contributed by atoms with Gasteiger partial charge < -0.3 is 15.2 Å². The van der Waals surface area contributed by atoms with Crippen LogP contribution in [0.25, 0.3) is 0 Å². The second-order valence-electron chi connectivity index (χ2n) is 10.1. The number of alkyl halides is 3. The van der Waals surface area contributed by atoms with Crippen molar-refractivity contribution in [3.63, 3.8) is 0 Å². The van der Waals surface area contributed by atoms with Crippen molar-refractivity contribution >= 4 is 23.2 Å². The van der Waals surface area contributed by atoms with Crippen molar-refractivity contribution < 1.29 is 27.2 Å². The molecule has 0 saturated carbocycles. The molecule has 41 heavy (non-hydrogen) atoms. The first-order chi connectivity index (χ1) is 19.3. The zero-order chi connectivity index (χ0) is 31.2. The zero-order valence-electron chi connectivity index (χ0n) is 25.5. The molecule has 2 N–H and O–H groups in total. The highest BCUT2D eigenvalue weighted by molar-refractivity contribution is 7.85. The van der Waals surface area contributed by atoms with E-state index in [-0.39, 0.29) is 5.56 Å². The largest absolute Gasteiger partial charge is 0.507 e. The number of aryl methyl sites for hydroxylation is 1. The van der Waals surface area contributed by atoms with E-state index in [0.717, 1.165) is 55.6 Å². The van der Waals surface area contributed by atoms with E-state index in [1.807, 2.05) is 20.9 Å². The molecule has 1 aromatic rings. The van der Waals surface area contributed by atoms with E-state index in [1.54, 1.807) is 17.3 Å². The van der Waals surface area contributed by atoms with E-state index in [2.05, 4.69) is 36.0 Å². The molecule has 2 aliphatic heterocycles. The Morgan fingerprint density at radius 3 is 2.24 bits per heavy atom. The summed E-state index contributed by atoms with van der Waals surface area (Å²) in [4.78, 5) is 4.62. The predicted molar refractivity (Wildman–Crippen MR) is 164 cm³/mol. The molecule has 0 spiro atoms. The molecule has 232 valence electrons. The van der Waals surface area contributed by atoms with Gasteiger partial charge in [0.25, 0.3) is 0 Å². The zero-order valence-corrected chi connectivity index (χ0v) is 26.3. The van der Waals surface area contributed by atoms with Crippen LogP contribution in [0, 0.1) is 6.92 Å². The van der Waals surface area contributed by atoms with E-state index in [4.69, 9.17) is 4.74 Å². The Kier molecular flexibility index (Phi) is 16.1. The first kappa shape index (κ1) is 36.5. The number of nitrogens with one attached hydrogen (secondary N) is 1. The van der Waals surface area contributed by atoms with Gasteiger partial charge in [-0.05, 0) is 83.0 Å². The van der Waals surface area contributed by atoms with Crippen molar-refractivity contribution in [3.8, 4) is 5.75 Å². The maximum atomic E-state index is 13.0. The number of allylic oxidation sites excluding steroid dienone is 3. The second-order valence-corrected chi connectivity index (χ2v) is 11.8. The number of phenolic OH excluding ortho intramolecular Hbond substituents is 1. The molecule has 0 amide bonds. The van der Waals surface area contributed by atoms with Crippen LogP contribution in [-0.4, -0.2) is 65.1 Å². The van der Waals surface area contributed by atoms with Gasteiger partial charge in [0.1, 0.15) is 5.75 Å². The number of unbranched alkanes of at least 4 members (excludes halogenated alkanes) is 3. The maximum absolute atomic E-state index is 13.0. The summed E-state index contributed by atoms with van der Waals surface area (Å²) in [5, 5.41) is 19.4. The Morgan fingerprint density at radius 2 is 1.85 bits per heavy atom. The predicted octanol–water partition coefficient (Wildman–Crippen LogP) is 6.92. The van der Waals surface area contributed by atoms with Crippen LogP contribution in [0.2, 0.25) is 0 Å². The number of hydrogen-bond acceptors (Lipinski definition) is 7. The highest BCUT2D eigenvalue weighted by Gasteiger charge is 2.32. The highest BCUT2D eigenvalue weighted by atomic mass is 32.2. The number of ether oxygens (including phenoxy) is 1. The standard InChI is InChI=1S/C21H26F3N3O.C5H13N.C4H8O2S/c1-6-7-8-9-13(2)20-26-17(11-15(4)27(20)25-5)19-14(3)10-16(12-18(19)28)21(22,23)24;1-3-4-5-6-2;1-7(5)4-2-6-3-4/h10-12,28H,5-9H2,1-4H3;6H,3-5H2,1-2H3;4H,2-3H2,1H3/b20-13+;;. The van der Waals surface area contributed by atoms with Gasteiger partial charge in [0.15, 0.2) is 5.82 Å². The van der Waals surface area contributed by atoms with E-state index < -0.39 is 28.3 Å². The molecule has 1 saturated heterocycles. The smallest absolute Gasteiger partial charge is 0.416 e. The first-order valence-corrected chi connectivity index (χ1v) is 15.6. The topological polar surface area (TPSA) is 86.5 Å². The molecule has 1 atom stereocenters. The molecule has 0 aliphatic carbocycles. The first-order valence-electron chi connectivity index (χ1n) is 14.0. The normalized spacial score (nSPS) is 17.2. The Labute approximate surface area is 246 Å². The second kappa shape index (κ2) is 18.1. The number of aliphatic imine (C=N–C) groups is 1. The Hall–Kier alpha value is -2.50. The summed E-state index contributed by atoms with van der Waals surface area (Å²) in [5.41, 5.74) is 1.85. The van der Waals surface area contributed by atoms with Crippen LogP contribution in [-0.2, 0) is 21.7 Å². The lowest BCUT2D eigenvalue weighted by Crippen LogP contribution is -2.36. The monoisotopic (exact) mass is 600 g/mol. The third-order valence-corrected chi connectivity index (χ3v) is 7.75. The minimum atomic E-state index is -4.52. The fourth-order valence-electron chi connectivity index (χ4n) is 3.98. The summed E-state index contributed by atoms with van der Waals surface area (Å²) >= 11 is 0. The van der Waals surface area contributed by atoms with Crippen LogP contribution in [0.15, 0.2) is 45.4 Å². The average Bonchev–Trinajstić information content (AvgIpc) is 2.85. The van der Waals surface area contributed by atoms with Crippen LogP contribution < -0.4 is 5.32 Å². The SMILES string of the molecule is C=NN1C(C)=CC(c2c(C)cc(C(F)(F)F)cc2O)=N/C1=C(/C)CCCCC.CCCCNC.CS(=O)C1COC1. The molecular weight excluding hydrogens is 553 g/mol. The Morgan fingerprint density at radius 1 is 1.22 bits per heavy atom. The Balaban J connectivity index is 0.000000529. The summed E-state index contributed by atoms with van der Waals surface area (Å²) in [7, 11) is 1.33. The number of rotatable bonds is 10. The molecule has 1 fully saturated rings. The van der Waals surface area contributed by atoms with Crippen molar-refractivity contribution in [3.05, 3.63) is 52.0 Å². The van der Waals surface area contributed by atoms with Crippen molar-refractivity contribution in [1.82, 2.24) is 10.3 Å². The number of hydrogen-bond donors (Lipinski definition) is 2. The van der Waals surface area contributed by atoms with Gasteiger partial charge in [0, 0.05) is 35.0 Å². The summed E-state index contributed by atoms with van der Waals surface area (Å²) < 4.78 is 54.3. The number of benzene rings is 1. The van der Waals surface area contributed by atoms with Gasteiger partial charge in [-0.1, -0.05) is 33.1 Å². The average molecular weight is 601 g/mol. The van der Waals surface area contributed by atoms with Crippen LogP contribution in [0.5, 0.6) is 5.75 Å². The lowest BCUT2D eigenvalue weighted by molar-refractivity contribution is -0.137. The molecule has 7 nitrogen and oxygen atoms in total. The van der Waals surface area contributed by atoms with E-state index >= 15 is 0 Å². The summed E-state index contributed by atoms with van der Waals surface area (Å²) in [6.07, 6.45) is 5.50. The fourth-order valence-corrected chi connectivity index (χ4v) is 4.55. The van der Waals surface area contributed by atoms with Crippen molar-refractivity contribution in [2.75, 3.05) is 33.1 Å². The number of hydrazone groups is 1. The Bertz CT molecular complexity index is 1090. The minimum absolute atomic E-state index is 0.287. The summed E-state index contributed by atoms with van der Waals surface area (Å²) in [6.45, 7) is 15.8. The van der Waals surface area contributed by atoms with Gasteiger partial charge in [0.05, 0.1) is 29.7 Å². The van der Waals surface area contributed by atoms with Crippen LogP contribution in [0.4, 0.5) is 13.2 Å². The number of aromatic hydroxyl groups is 1. The lowest BCUT2D eigenvalue weighted by atomic mass is 9.97. The molecule has 2 heterocycles. The van der Waals surface area contributed by atoms with Crippen molar-refractivity contribution in [2.45, 2.75) is 84.6 Å². The van der Waals surface area contributed by atoms with Gasteiger partial charge in [-0.3, -0.25) is 4.21 Å². The minimum Gasteiger partial charge on any atom is -0.507 e. The van der Waals surface area contributed by atoms with Crippen molar-refractivity contribution in [2.24, 2.45) is 10.1 Å². The lowest BCUT2D eigenvalue weighted by Gasteiger charge is -2.27. The van der Waals surface area contributed by atoms with Gasteiger partial charge in [-0.15, -0.1) is 0 Å². The molecule has 3 rings (SSSR count). The van der Waals surface area contributed by atoms with E-state index in [1.165, 1.54) is 19.8 Å². The molecule has 0 aromatic heterocycles. The molecule has 1 aromatic carbocycles. The molecule has 11 heteroatoms. The maximum Gasteiger partial charge on any atom is 0.416 e. The molecule has 1 unspecified atom stereocenters. The van der Waals surface area contributed by atoms with E-state index in [0.29, 0.717) is 35.6 Å². The fraction of sp³-hybridized carbons (Fsp3) is 0.600. The molecule has 2 aliphatic rings. The van der Waals surface area contributed by atoms with Crippen molar-refractivity contribution in [1.29, 1.82) is 0 Å². The number of halogens is 3. The number of phenols is 1. The van der Waals surface area contributed by atoms with Gasteiger partial charge >= 0.3 is 6.18 Å². The van der Waals surface area contributed by atoms with Crippen LogP contribution in [0.1, 0.15) is 82.9 Å². The molecule has 0 bridgehead atoms.